The van der Waals surface area contributed by atoms with Crippen molar-refractivity contribution in [1.29, 1.82) is 0 Å². The van der Waals surface area contributed by atoms with Gasteiger partial charge in [0.05, 0.1) is 12.0 Å². The van der Waals surface area contributed by atoms with Crippen LogP contribution in [0.4, 0.5) is 8.78 Å². The summed E-state index contributed by atoms with van der Waals surface area (Å²) in [6.45, 7) is 0.570. The summed E-state index contributed by atoms with van der Waals surface area (Å²) in [5.74, 6) is 2.68. The van der Waals surface area contributed by atoms with Gasteiger partial charge in [-0.1, -0.05) is 17.9 Å². The monoisotopic (exact) mass is 425 g/mol. The fraction of sp³-hybridized carbons (Fsp3) is 0.318. The number of carbonyl (C=O) groups is 2. The van der Waals surface area contributed by atoms with E-state index in [9.17, 15) is 28.3 Å². The van der Waals surface area contributed by atoms with Crippen LogP contribution in [0.1, 0.15) is 38.9 Å². The van der Waals surface area contributed by atoms with Gasteiger partial charge in [0.1, 0.15) is 17.2 Å². The van der Waals surface area contributed by atoms with E-state index >= 15 is 0 Å². The normalized spacial score (nSPS) is 23.0. The Morgan fingerprint density at radius 2 is 1.97 bits per heavy atom. The number of carbonyl (C=O) groups excluding carboxylic acids is 2. The molecule has 0 unspecified atom stereocenters. The molecule has 1 aromatic carbocycles. The molecular weight excluding hydrogens is 408 g/mol. The summed E-state index contributed by atoms with van der Waals surface area (Å²) in [5, 5.41) is 12.9. The topological polar surface area (TPSA) is 91.6 Å². The van der Waals surface area contributed by atoms with Gasteiger partial charge >= 0.3 is 0 Å². The predicted octanol–water partition coefficient (Wildman–Crippen LogP) is 1.41. The van der Waals surface area contributed by atoms with E-state index in [2.05, 4.69) is 17.2 Å². The molecule has 3 heterocycles. The Hall–Kier alpha value is -3.67. The van der Waals surface area contributed by atoms with Gasteiger partial charge in [-0.05, 0) is 12.5 Å². The molecule has 5 rings (SSSR count). The molecule has 7 nitrogen and oxygen atoms in total. The number of benzene rings is 1. The van der Waals surface area contributed by atoms with Crippen molar-refractivity contribution in [2.24, 2.45) is 11.8 Å². The molecule has 31 heavy (non-hydrogen) atoms. The maximum atomic E-state index is 13.8. The Bertz CT molecular complexity index is 1260. The number of rotatable bonds is 3. The van der Waals surface area contributed by atoms with Crippen LogP contribution in [0.5, 0.6) is 5.75 Å². The minimum atomic E-state index is -0.976. The van der Waals surface area contributed by atoms with E-state index < -0.39 is 34.6 Å². The minimum Gasteiger partial charge on any atom is -0.503 e. The lowest BCUT2D eigenvalue weighted by molar-refractivity contribution is 0.0667. The van der Waals surface area contributed by atoms with E-state index in [1.165, 1.54) is 16.8 Å². The second-order valence-electron chi connectivity index (χ2n) is 8.00. The maximum absolute atomic E-state index is 13.8. The molecule has 2 aliphatic heterocycles. The molecule has 0 saturated carbocycles. The fourth-order valence-electron chi connectivity index (χ4n) is 4.38. The number of fused-ring (bicyclic) bond motifs is 5. The van der Waals surface area contributed by atoms with Gasteiger partial charge in [-0.3, -0.25) is 14.4 Å². The molecule has 3 aliphatic rings. The zero-order valence-electron chi connectivity index (χ0n) is 16.2. The molecule has 2 bridgehead atoms. The number of hydrogen-bond donors (Lipinski definition) is 2. The minimum absolute atomic E-state index is 0.0428. The first-order chi connectivity index (χ1) is 14.8. The number of halogens is 2. The summed E-state index contributed by atoms with van der Waals surface area (Å²) in [4.78, 5) is 39.8. The molecule has 1 aliphatic carbocycles. The largest absolute Gasteiger partial charge is 0.503 e. The van der Waals surface area contributed by atoms with Crippen LogP contribution in [0.2, 0.25) is 0 Å². The van der Waals surface area contributed by atoms with Gasteiger partial charge in [0.15, 0.2) is 11.4 Å². The molecule has 1 saturated heterocycles. The summed E-state index contributed by atoms with van der Waals surface area (Å²) in [5.41, 5.74) is -1.42. The van der Waals surface area contributed by atoms with Crippen molar-refractivity contribution in [2.75, 3.05) is 13.1 Å². The van der Waals surface area contributed by atoms with Crippen molar-refractivity contribution >= 4 is 11.8 Å². The highest BCUT2D eigenvalue weighted by Crippen LogP contribution is 2.38. The van der Waals surface area contributed by atoms with Crippen molar-refractivity contribution in [1.82, 2.24) is 14.8 Å². The first-order valence-corrected chi connectivity index (χ1v) is 9.84. The molecule has 0 spiro atoms. The summed E-state index contributed by atoms with van der Waals surface area (Å²) in [6, 6.07) is 2.72. The van der Waals surface area contributed by atoms with Gasteiger partial charge in [-0.15, -0.1) is 0 Å². The molecule has 158 valence electrons. The lowest BCUT2D eigenvalue weighted by atomic mass is 9.82. The van der Waals surface area contributed by atoms with Crippen LogP contribution in [0, 0.1) is 35.3 Å². The molecule has 2 aromatic rings. The molecule has 1 aromatic heterocycles. The van der Waals surface area contributed by atoms with Crippen LogP contribution in [0.25, 0.3) is 0 Å². The van der Waals surface area contributed by atoms with Crippen LogP contribution in [-0.2, 0) is 6.54 Å². The number of nitrogens with zero attached hydrogens (tertiary/aromatic N) is 2. The molecule has 2 amide bonds. The summed E-state index contributed by atoms with van der Waals surface area (Å²) >= 11 is 0. The lowest BCUT2D eigenvalue weighted by Gasteiger charge is -2.34. The van der Waals surface area contributed by atoms with Gasteiger partial charge in [-0.2, -0.15) is 0 Å². The van der Waals surface area contributed by atoms with E-state index in [1.807, 2.05) is 0 Å². The molecule has 9 heteroatoms. The average molecular weight is 425 g/mol. The van der Waals surface area contributed by atoms with E-state index in [0.29, 0.717) is 25.6 Å². The summed E-state index contributed by atoms with van der Waals surface area (Å²) in [7, 11) is 0. The second kappa shape index (κ2) is 6.94. The van der Waals surface area contributed by atoms with Crippen LogP contribution < -0.4 is 10.7 Å². The SMILES string of the molecule is O=C(NCc1ccc(F)cc1F)c1cn2c(c(O)c1=O)C(=O)N1C[C@@H]2C[C@H]2C#C[C@H]2C1. The molecular formula is C22H17F2N3O4. The zero-order valence-corrected chi connectivity index (χ0v) is 16.2. The van der Waals surface area contributed by atoms with Crippen LogP contribution in [0.3, 0.4) is 0 Å². The Morgan fingerprint density at radius 3 is 2.68 bits per heavy atom. The Balaban J connectivity index is 1.47. The van der Waals surface area contributed by atoms with Gasteiger partial charge in [0.25, 0.3) is 11.8 Å². The van der Waals surface area contributed by atoms with Crippen LogP contribution in [-0.4, -0.2) is 39.5 Å². The van der Waals surface area contributed by atoms with Crippen LogP contribution in [0.15, 0.2) is 29.2 Å². The number of aromatic hydroxyl groups is 1. The number of aromatic nitrogens is 1. The van der Waals surface area contributed by atoms with E-state index in [1.54, 1.807) is 4.90 Å². The Morgan fingerprint density at radius 1 is 1.19 bits per heavy atom. The number of amides is 2. The smallest absolute Gasteiger partial charge is 0.274 e. The van der Waals surface area contributed by atoms with Gasteiger partial charge < -0.3 is 19.9 Å². The van der Waals surface area contributed by atoms with Gasteiger partial charge in [-0.25, -0.2) is 8.78 Å². The molecule has 2 N–H and O–H groups in total. The van der Waals surface area contributed by atoms with E-state index in [0.717, 1.165) is 6.07 Å². The van der Waals surface area contributed by atoms with Crippen molar-refractivity contribution in [3.05, 3.63) is 63.1 Å². The van der Waals surface area contributed by atoms with Crippen molar-refractivity contribution in [2.45, 2.75) is 19.0 Å². The third kappa shape index (κ3) is 3.06. The van der Waals surface area contributed by atoms with Gasteiger partial charge in [0.2, 0.25) is 5.43 Å². The highest BCUT2D eigenvalue weighted by Gasteiger charge is 2.42. The average Bonchev–Trinajstić information content (AvgIpc) is 2.83. The molecule has 3 atom stereocenters. The zero-order chi connectivity index (χ0) is 21.9. The van der Waals surface area contributed by atoms with E-state index in [4.69, 9.17) is 0 Å². The number of nitrogens with one attached hydrogen (secondary N) is 1. The Labute approximate surface area is 175 Å². The van der Waals surface area contributed by atoms with E-state index in [-0.39, 0.29) is 41.2 Å². The predicted molar refractivity (Wildman–Crippen MR) is 104 cm³/mol. The number of pyridine rings is 1. The molecule has 1 fully saturated rings. The van der Waals surface area contributed by atoms with Crippen LogP contribution >= 0.6 is 0 Å². The number of hydrogen-bond acceptors (Lipinski definition) is 4. The third-order valence-corrected chi connectivity index (χ3v) is 6.11. The van der Waals surface area contributed by atoms with Crippen molar-refractivity contribution in [3.8, 4) is 17.6 Å². The molecule has 0 radical (unpaired) electrons. The third-order valence-electron chi connectivity index (χ3n) is 6.11. The summed E-state index contributed by atoms with van der Waals surface area (Å²) < 4.78 is 28.4. The summed E-state index contributed by atoms with van der Waals surface area (Å²) in [6.07, 6.45) is 1.92. The van der Waals surface area contributed by atoms with Crippen molar-refractivity contribution < 1.29 is 23.5 Å². The Kier molecular flexibility index (Phi) is 4.32. The first-order valence-electron chi connectivity index (χ1n) is 9.84. The standard InChI is InChI=1S/C22H17F2N3O4/c23-14-4-3-12(17(24)6-14)7-25-21(30)16-10-27-15-5-11-1-2-13(11)8-26(9-15)22(31)18(27)20(29)19(16)28/h3-4,6,10-11,13,15,29H,5,7-9H2,(H,25,30)/t11-,13+,15+/m1/s1. The maximum Gasteiger partial charge on any atom is 0.274 e. The fourth-order valence-corrected chi connectivity index (χ4v) is 4.38. The highest BCUT2D eigenvalue weighted by atomic mass is 19.1. The highest BCUT2D eigenvalue weighted by molar-refractivity contribution is 5.99. The second-order valence-corrected chi connectivity index (χ2v) is 8.00. The van der Waals surface area contributed by atoms with Gasteiger partial charge in [0, 0.05) is 43.4 Å². The lowest BCUT2D eigenvalue weighted by Crippen LogP contribution is -2.45. The first kappa shape index (κ1) is 19.3. The quantitative estimate of drug-likeness (QED) is 0.728. The van der Waals surface area contributed by atoms with Crippen molar-refractivity contribution in [3.63, 3.8) is 0 Å².